The van der Waals surface area contributed by atoms with E-state index in [4.69, 9.17) is 5.73 Å². The molecule has 1 aromatic rings. The molecular weight excluding hydrogens is 274 g/mol. The number of allylic oxidation sites excluding steroid dienone is 4. The van der Waals surface area contributed by atoms with Crippen molar-refractivity contribution in [2.45, 2.75) is 25.8 Å². The van der Waals surface area contributed by atoms with Crippen LogP contribution in [0.4, 0.5) is 11.8 Å². The molecule has 0 spiro atoms. The lowest BCUT2D eigenvalue weighted by Crippen LogP contribution is -2.43. The highest BCUT2D eigenvalue weighted by atomic mass is 15.2. The van der Waals surface area contributed by atoms with Gasteiger partial charge in [0.25, 0.3) is 0 Å². The number of hydrogen-bond acceptors (Lipinski definition) is 5. The van der Waals surface area contributed by atoms with Crippen LogP contribution in [0.5, 0.6) is 0 Å². The molecule has 0 atom stereocenters. The van der Waals surface area contributed by atoms with Crippen molar-refractivity contribution < 1.29 is 0 Å². The van der Waals surface area contributed by atoms with Crippen molar-refractivity contribution in [3.05, 3.63) is 48.7 Å². The predicted octanol–water partition coefficient (Wildman–Crippen LogP) is 2.31. The van der Waals surface area contributed by atoms with Crippen LogP contribution in [0.15, 0.2) is 48.7 Å². The molecule has 0 unspecified atom stereocenters. The minimum absolute atomic E-state index is 0.339. The highest BCUT2D eigenvalue weighted by molar-refractivity contribution is 5.41. The Bertz CT molecular complexity index is 542. The number of anilines is 2. The Hall–Kier alpha value is -2.14. The van der Waals surface area contributed by atoms with Crippen LogP contribution in [0.1, 0.15) is 19.8 Å². The zero-order chi connectivity index (χ0) is 15.8. The van der Waals surface area contributed by atoms with Crippen LogP contribution in [-0.4, -0.2) is 35.6 Å². The monoisotopic (exact) mass is 299 g/mol. The van der Waals surface area contributed by atoms with Gasteiger partial charge in [-0.2, -0.15) is 4.98 Å². The first-order valence-electron chi connectivity index (χ1n) is 7.70. The molecular formula is C17H25N5. The maximum Gasteiger partial charge on any atom is 0.221 e. The summed E-state index contributed by atoms with van der Waals surface area (Å²) in [5.41, 5.74) is 6.97. The van der Waals surface area contributed by atoms with Gasteiger partial charge in [-0.05, 0) is 25.8 Å². The van der Waals surface area contributed by atoms with Crippen LogP contribution in [-0.2, 0) is 0 Å². The summed E-state index contributed by atoms with van der Waals surface area (Å²) in [7, 11) is 0. The molecule has 1 fully saturated rings. The van der Waals surface area contributed by atoms with Crippen molar-refractivity contribution in [2.24, 2.45) is 0 Å². The van der Waals surface area contributed by atoms with E-state index in [1.807, 2.05) is 18.2 Å². The fourth-order valence-corrected chi connectivity index (χ4v) is 2.52. The van der Waals surface area contributed by atoms with Crippen molar-refractivity contribution in [3.63, 3.8) is 0 Å². The van der Waals surface area contributed by atoms with E-state index in [0.29, 0.717) is 12.0 Å². The molecule has 0 aromatic carbocycles. The van der Waals surface area contributed by atoms with Crippen molar-refractivity contribution in [1.82, 2.24) is 15.3 Å². The fraction of sp³-hybridized carbons (Fsp3) is 0.412. The van der Waals surface area contributed by atoms with E-state index in [1.54, 1.807) is 12.3 Å². The molecule has 118 valence electrons. The minimum Gasteiger partial charge on any atom is -0.368 e. The molecule has 0 aliphatic carbocycles. The number of piperidine rings is 1. The molecule has 5 nitrogen and oxygen atoms in total. The molecule has 0 radical (unpaired) electrons. The standard InChI is InChI=1S/C17H25N5/c1-3-4-5-6-14(2)13-20-15-8-11-22(12-9-15)16-7-10-19-17(18)21-16/h3-7,10,15,20H,1,8-9,11-13H2,2H3,(H2,18,19,21)/b5-4-,14-6+. The number of nitrogens with one attached hydrogen (secondary N) is 1. The number of hydrogen-bond donors (Lipinski definition) is 2. The third kappa shape index (κ3) is 5.00. The molecule has 1 saturated heterocycles. The highest BCUT2D eigenvalue weighted by Crippen LogP contribution is 2.18. The van der Waals surface area contributed by atoms with E-state index >= 15 is 0 Å². The Morgan fingerprint density at radius 2 is 2.23 bits per heavy atom. The third-order valence-electron chi connectivity index (χ3n) is 3.78. The molecule has 1 aliphatic rings. The predicted molar refractivity (Wildman–Crippen MR) is 92.8 cm³/mol. The van der Waals surface area contributed by atoms with Gasteiger partial charge in [-0.1, -0.05) is 36.5 Å². The van der Waals surface area contributed by atoms with E-state index in [2.05, 4.69) is 39.8 Å². The molecule has 5 heteroatoms. The van der Waals surface area contributed by atoms with Gasteiger partial charge < -0.3 is 16.0 Å². The van der Waals surface area contributed by atoms with E-state index in [1.165, 1.54) is 5.57 Å². The lowest BCUT2D eigenvalue weighted by Gasteiger charge is -2.33. The lowest BCUT2D eigenvalue weighted by atomic mass is 10.0. The zero-order valence-electron chi connectivity index (χ0n) is 13.2. The summed E-state index contributed by atoms with van der Waals surface area (Å²) in [4.78, 5) is 10.5. The van der Waals surface area contributed by atoms with Crippen LogP contribution < -0.4 is 16.0 Å². The first-order valence-corrected chi connectivity index (χ1v) is 7.70. The number of nitrogens with zero attached hydrogens (tertiary/aromatic N) is 3. The van der Waals surface area contributed by atoms with Crippen molar-refractivity contribution in [1.29, 1.82) is 0 Å². The third-order valence-corrected chi connectivity index (χ3v) is 3.78. The lowest BCUT2D eigenvalue weighted by molar-refractivity contribution is 0.426. The molecule has 1 aromatic heterocycles. The SMILES string of the molecule is C=C/C=C\C=C(/C)CNC1CCN(c2ccnc(N)n2)CC1. The molecule has 3 N–H and O–H groups in total. The van der Waals surface area contributed by atoms with Crippen molar-refractivity contribution in [2.75, 3.05) is 30.3 Å². The topological polar surface area (TPSA) is 67.1 Å². The van der Waals surface area contributed by atoms with Crippen molar-refractivity contribution >= 4 is 11.8 Å². The van der Waals surface area contributed by atoms with Gasteiger partial charge in [-0.3, -0.25) is 0 Å². The largest absolute Gasteiger partial charge is 0.368 e. The zero-order valence-corrected chi connectivity index (χ0v) is 13.2. The number of rotatable bonds is 6. The Morgan fingerprint density at radius 1 is 1.45 bits per heavy atom. The Labute approximate surface area is 132 Å². The second-order valence-corrected chi connectivity index (χ2v) is 5.55. The number of nitrogens with two attached hydrogens (primary N) is 1. The number of nitrogen functional groups attached to an aromatic ring is 1. The van der Waals surface area contributed by atoms with E-state index in [-0.39, 0.29) is 0 Å². The smallest absolute Gasteiger partial charge is 0.221 e. The van der Waals surface area contributed by atoms with Gasteiger partial charge in [0.05, 0.1) is 0 Å². The van der Waals surface area contributed by atoms with Crippen LogP contribution in [0.3, 0.4) is 0 Å². The summed E-state index contributed by atoms with van der Waals surface area (Å²) >= 11 is 0. The highest BCUT2D eigenvalue weighted by Gasteiger charge is 2.19. The fourth-order valence-electron chi connectivity index (χ4n) is 2.52. The van der Waals surface area contributed by atoms with Gasteiger partial charge in [0.1, 0.15) is 5.82 Å². The quantitative estimate of drug-likeness (QED) is 0.789. The van der Waals surface area contributed by atoms with Gasteiger partial charge in [-0.25, -0.2) is 4.98 Å². The first kappa shape index (κ1) is 16.2. The summed E-state index contributed by atoms with van der Waals surface area (Å²) in [5.74, 6) is 1.27. The molecule has 0 saturated carbocycles. The number of aromatic nitrogens is 2. The van der Waals surface area contributed by atoms with Crippen molar-refractivity contribution in [3.8, 4) is 0 Å². The Morgan fingerprint density at radius 3 is 2.91 bits per heavy atom. The minimum atomic E-state index is 0.339. The maximum absolute atomic E-state index is 5.64. The van der Waals surface area contributed by atoms with E-state index < -0.39 is 0 Å². The second-order valence-electron chi connectivity index (χ2n) is 5.55. The van der Waals surface area contributed by atoms with Crippen LogP contribution in [0, 0.1) is 0 Å². The molecule has 2 rings (SSSR count). The molecule has 0 amide bonds. The average molecular weight is 299 g/mol. The van der Waals surface area contributed by atoms with Crippen LogP contribution in [0.25, 0.3) is 0 Å². The average Bonchev–Trinajstić information content (AvgIpc) is 2.54. The summed E-state index contributed by atoms with van der Waals surface area (Å²) in [6, 6.07) is 2.48. The molecule has 1 aliphatic heterocycles. The van der Waals surface area contributed by atoms with E-state index in [0.717, 1.165) is 38.3 Å². The summed E-state index contributed by atoms with van der Waals surface area (Å²) in [6.45, 7) is 8.71. The van der Waals surface area contributed by atoms with Gasteiger partial charge in [0, 0.05) is 31.9 Å². The van der Waals surface area contributed by atoms with Gasteiger partial charge in [-0.15, -0.1) is 0 Å². The Balaban J connectivity index is 1.76. The van der Waals surface area contributed by atoms with Gasteiger partial charge in [0.2, 0.25) is 5.95 Å². The maximum atomic E-state index is 5.64. The normalized spacial score (nSPS) is 17.1. The van der Waals surface area contributed by atoms with Gasteiger partial charge >= 0.3 is 0 Å². The first-order chi connectivity index (χ1) is 10.7. The second kappa shape index (κ2) is 8.34. The van der Waals surface area contributed by atoms with Crippen LogP contribution >= 0.6 is 0 Å². The summed E-state index contributed by atoms with van der Waals surface area (Å²) in [6.07, 6.45) is 11.8. The summed E-state index contributed by atoms with van der Waals surface area (Å²) in [5, 5.41) is 3.62. The Kier molecular flexibility index (Phi) is 6.15. The molecule has 2 heterocycles. The van der Waals surface area contributed by atoms with Gasteiger partial charge in [0.15, 0.2) is 0 Å². The van der Waals surface area contributed by atoms with Crippen LogP contribution in [0.2, 0.25) is 0 Å². The molecule has 22 heavy (non-hydrogen) atoms. The molecule has 0 bridgehead atoms. The summed E-state index contributed by atoms with van der Waals surface area (Å²) < 4.78 is 0. The van der Waals surface area contributed by atoms with E-state index in [9.17, 15) is 0 Å².